The van der Waals surface area contributed by atoms with Gasteiger partial charge in [0.2, 0.25) is 0 Å². The Hall–Kier alpha value is -7.78. The molecule has 3 heterocycles. The number of esters is 6. The van der Waals surface area contributed by atoms with Gasteiger partial charge in [-0.05, 0) is 258 Å². The second kappa shape index (κ2) is 86.1. The zero-order chi connectivity index (χ0) is 107. The van der Waals surface area contributed by atoms with Crippen LogP contribution in [-0.4, -0.2) is 288 Å². The molecule has 2 N–H and O–H groups in total. The minimum atomic E-state index is -1.10. The summed E-state index contributed by atoms with van der Waals surface area (Å²) in [6, 6.07) is 0. The number of hydrogen-bond acceptors (Lipinski definition) is 44. The second-order valence-corrected chi connectivity index (χ2v) is 40.3. The molecule has 0 saturated carbocycles. The van der Waals surface area contributed by atoms with E-state index in [2.05, 4.69) is 79.8 Å². The molecule has 3 aliphatic heterocycles. The molecule has 3 saturated heterocycles. The minimum Gasteiger partial charge on any atom is -0.466 e. The highest BCUT2D eigenvalue weighted by Crippen LogP contribution is 2.41. The lowest BCUT2D eigenvalue weighted by molar-refractivity contribution is -0.266. The van der Waals surface area contributed by atoms with Crippen LogP contribution in [0.5, 0.6) is 0 Å². The Morgan fingerprint density at radius 3 is 0.985 bits per heavy atom. The van der Waals surface area contributed by atoms with Crippen LogP contribution >= 0.6 is 43.2 Å². The average molecular weight is 2060 g/mol. The molecule has 0 aliphatic carbocycles. The molecule has 3 fully saturated rings. The van der Waals surface area contributed by atoms with Crippen LogP contribution in [0.4, 0.5) is 38.4 Å². The Morgan fingerprint density at radius 1 is 0.365 bits per heavy atom. The van der Waals surface area contributed by atoms with Crippen molar-refractivity contribution < 1.29 is 191 Å². The molecular weight excluding hydrogens is 1890 g/mol. The Kier molecular flexibility index (Phi) is 89.4. The highest BCUT2D eigenvalue weighted by molar-refractivity contribution is 8.77. The summed E-state index contributed by atoms with van der Waals surface area (Å²) in [6.07, 6.45) is -0.959. The van der Waals surface area contributed by atoms with Gasteiger partial charge in [0.15, 0.2) is 30.2 Å². The standard InChI is InChI=1S/C14H24O7.C13H24O2S2.C12H22O2S2.C11H20O7.C9H16O5.C8H14O5.C8H16O3.C7H14O3.C6H12O3.C5H10O3/c1-9(2)20-13(16)21-10(3)12(15)17-6-11-7-18-14(4,5)19-8-11;1-10(2)11(3)15-13(14)7-5-4-6-12-8-9-16-17-12;1-10(2)9-14-12(13)6-4-3-5-11-7-8-15-16-11;1-7(2)17-11(15)18-8(3)10(14)16-6-9(4-12)5-13;1-5-12-8(10)7(4)14-9(11)13-6(2)3;1-5(2)12-8(10)13-6(3)7(9)11-4;1-6(2)10-7(9)11-8(3,4)5;1-5(2)9-7(8)10-6(3)4;1-4-8-6(7)9-5(2)3;1-4(2)8-5(6)7-3/h9-11H,6-8H2,1-5H3;10-12H,4-9H2,1-3H3;10-11H,3-9H2,1-2H3;7-9,12-13H,4-6H2,1-3H3;6-7H,5H2,1-4H3;5-6H,1-4H3;6H,1-5H3;5-6H,1-4H3;5H,4H2,1-3H3;4H,1-3H3. The van der Waals surface area contributed by atoms with Gasteiger partial charge in [-0.3, -0.25) is 9.59 Å². The van der Waals surface area contributed by atoms with Crippen molar-refractivity contribution in [3.8, 4) is 0 Å². The fourth-order valence-corrected chi connectivity index (χ4v) is 14.4. The van der Waals surface area contributed by atoms with E-state index in [1.54, 1.807) is 159 Å². The number of methoxy groups -OCH3 is 2. The molecule has 7 unspecified atom stereocenters. The average Bonchev–Trinajstić information content (AvgIpc) is 1.74. The maximum Gasteiger partial charge on any atom is 0.509 e. The van der Waals surface area contributed by atoms with Gasteiger partial charge in [0.25, 0.3) is 0 Å². The number of ether oxygens (including phenoxy) is 24. The SMILES string of the molecule is CC(C)C(C)OC(=O)CCCCC1CCSS1.CC(C)COC(=O)CCCCC1CCSS1.CC(C)OC(=O)OC(C)(C)C.CC(C)OC(=O)OC(C)C.CC(C)OC(=O)OC(C)C(=O)OCC(CO)CO.CC(C)OC(=O)OC(C)C(=O)OCC1COC(C)(C)OC1.CCOC(=O)C(C)OC(=O)OC(C)C.CCOC(=O)OC(C)C.COC(=O)C(C)OC(=O)OC(C)C.COC(=O)OC(C)C. The molecule has 808 valence electrons. The predicted octanol–water partition coefficient (Wildman–Crippen LogP) is 19.8. The van der Waals surface area contributed by atoms with Gasteiger partial charge in [-0.2, -0.15) is 0 Å². The summed E-state index contributed by atoms with van der Waals surface area (Å²) in [4.78, 5) is 154. The van der Waals surface area contributed by atoms with Gasteiger partial charge in [0, 0.05) is 46.7 Å². The maximum absolute atomic E-state index is 11.7. The first-order chi connectivity index (χ1) is 63.5. The van der Waals surface area contributed by atoms with Gasteiger partial charge in [0.1, 0.15) is 11.7 Å². The van der Waals surface area contributed by atoms with Crippen molar-refractivity contribution in [3.05, 3.63) is 0 Å². The fourth-order valence-electron chi connectivity index (χ4n) is 8.31. The Labute approximate surface area is 830 Å². The topological polar surface area (TPSA) is 501 Å². The Morgan fingerprint density at radius 2 is 0.686 bits per heavy atom. The van der Waals surface area contributed by atoms with Gasteiger partial charge in [-0.1, -0.05) is 83.7 Å². The molecule has 3 aliphatic rings. The van der Waals surface area contributed by atoms with E-state index < -0.39 is 115 Å². The molecule has 137 heavy (non-hydrogen) atoms. The number of aliphatic hydroxyl groups excluding tert-OH is 2. The van der Waals surface area contributed by atoms with E-state index in [9.17, 15) is 67.1 Å². The van der Waals surface area contributed by atoms with Crippen molar-refractivity contribution in [2.75, 3.05) is 85.2 Å². The number of aliphatic hydroxyl groups is 2. The van der Waals surface area contributed by atoms with Gasteiger partial charge in [-0.25, -0.2) is 57.5 Å². The van der Waals surface area contributed by atoms with Crippen molar-refractivity contribution in [3.63, 3.8) is 0 Å². The lowest BCUT2D eigenvalue weighted by Gasteiger charge is -2.34. The molecule has 3 rings (SSSR count). The van der Waals surface area contributed by atoms with Gasteiger partial charge in [0.05, 0.1) is 129 Å². The van der Waals surface area contributed by atoms with Crippen molar-refractivity contribution in [1.82, 2.24) is 0 Å². The van der Waals surface area contributed by atoms with E-state index in [0.29, 0.717) is 51.1 Å². The first-order valence-corrected chi connectivity index (χ1v) is 51.1. The van der Waals surface area contributed by atoms with Gasteiger partial charge < -0.3 is 124 Å². The lowest BCUT2D eigenvalue weighted by atomic mass is 10.1. The third kappa shape index (κ3) is 101. The molecule has 7 atom stereocenters. The largest absolute Gasteiger partial charge is 0.509 e. The van der Waals surface area contributed by atoms with Crippen LogP contribution in [0, 0.1) is 23.7 Å². The van der Waals surface area contributed by atoms with E-state index in [1.165, 1.54) is 79.1 Å². The van der Waals surface area contributed by atoms with Crippen LogP contribution in [0.1, 0.15) is 300 Å². The van der Waals surface area contributed by atoms with Crippen molar-refractivity contribution in [1.29, 1.82) is 0 Å². The third-order valence-corrected chi connectivity index (χ3v) is 21.1. The summed E-state index contributed by atoms with van der Waals surface area (Å²) in [5, 5.41) is 19.2. The highest BCUT2D eigenvalue weighted by atomic mass is 33.1. The molecule has 0 amide bonds. The quantitative estimate of drug-likeness (QED) is 0.0250. The number of carbonyl (C=O) groups is 14. The predicted molar refractivity (Wildman–Crippen MR) is 519 cm³/mol. The normalized spacial score (nSPS) is 14.9. The van der Waals surface area contributed by atoms with Crippen molar-refractivity contribution in [2.45, 2.75) is 407 Å². The second-order valence-electron chi connectivity index (χ2n) is 34.7. The highest BCUT2D eigenvalue weighted by Gasteiger charge is 2.32. The smallest absolute Gasteiger partial charge is 0.466 e. The van der Waals surface area contributed by atoms with E-state index in [4.69, 9.17) is 71.8 Å². The van der Waals surface area contributed by atoms with E-state index in [0.717, 1.165) is 36.2 Å². The van der Waals surface area contributed by atoms with Crippen LogP contribution in [0.3, 0.4) is 0 Å². The fraction of sp³-hybridized carbons (Fsp3) is 0.849. The lowest BCUT2D eigenvalue weighted by Crippen LogP contribution is -2.41. The summed E-state index contributed by atoms with van der Waals surface area (Å²) < 4.78 is 115. The molecular formula is C93H172O40S4. The third-order valence-electron chi connectivity index (χ3n) is 15.1. The number of rotatable bonds is 39. The van der Waals surface area contributed by atoms with Gasteiger partial charge >= 0.3 is 85.1 Å². The molecule has 0 bridgehead atoms. The molecule has 40 nitrogen and oxygen atoms in total. The Bertz CT molecular complexity index is 3160. The zero-order valence-corrected chi connectivity index (χ0v) is 91.7. The van der Waals surface area contributed by atoms with Crippen LogP contribution < -0.4 is 0 Å². The molecule has 0 spiro atoms. The van der Waals surface area contributed by atoms with Crippen LogP contribution in [0.2, 0.25) is 0 Å². The number of unbranched alkanes of at least 4 members (excludes halogenated alkanes) is 2. The molecule has 0 aromatic carbocycles. The number of hydrogen-bond donors (Lipinski definition) is 2. The minimum absolute atomic E-state index is 0.0258. The first-order valence-electron chi connectivity index (χ1n) is 46.3. The van der Waals surface area contributed by atoms with Crippen molar-refractivity contribution in [2.24, 2.45) is 23.7 Å². The molecule has 0 radical (unpaired) electrons. The van der Waals surface area contributed by atoms with E-state index in [-0.39, 0.29) is 112 Å². The summed E-state index contributed by atoms with van der Waals surface area (Å²) in [6.45, 7) is 61.0. The Balaban J connectivity index is -0.000000277. The van der Waals surface area contributed by atoms with Crippen LogP contribution in [0.15, 0.2) is 0 Å². The van der Waals surface area contributed by atoms with Crippen molar-refractivity contribution >= 4 is 128 Å². The summed E-state index contributed by atoms with van der Waals surface area (Å²) in [5.41, 5.74) is -0.466. The summed E-state index contributed by atoms with van der Waals surface area (Å²) in [5.74, 6) is -0.354. The molecule has 0 aromatic heterocycles. The van der Waals surface area contributed by atoms with Gasteiger partial charge in [-0.15, -0.1) is 0 Å². The summed E-state index contributed by atoms with van der Waals surface area (Å²) >= 11 is 0. The zero-order valence-electron chi connectivity index (χ0n) is 88.4. The van der Waals surface area contributed by atoms with E-state index in [1.807, 2.05) is 63.9 Å². The van der Waals surface area contributed by atoms with Crippen LogP contribution in [-0.2, 0) is 142 Å². The maximum atomic E-state index is 11.7. The monoisotopic (exact) mass is 2060 g/mol. The van der Waals surface area contributed by atoms with Crippen LogP contribution in [0.25, 0.3) is 0 Å². The number of carbonyl (C=O) groups excluding carboxylic acids is 14. The van der Waals surface area contributed by atoms with E-state index >= 15 is 0 Å². The summed E-state index contributed by atoms with van der Waals surface area (Å²) in [7, 11) is 10.5. The molecule has 0 aromatic rings. The first kappa shape index (κ1) is 142. The molecule has 44 heteroatoms.